The second-order valence-corrected chi connectivity index (χ2v) is 3.45. The number of benzene rings is 1. The van der Waals surface area contributed by atoms with Crippen LogP contribution >= 0.6 is 0 Å². The van der Waals surface area contributed by atoms with E-state index >= 15 is 0 Å². The molecule has 2 aromatic rings. The highest BCUT2D eigenvalue weighted by Gasteiger charge is 2.13. The molecule has 0 fully saturated rings. The number of halogens is 1. The average Bonchev–Trinajstić information content (AvgIpc) is 2.74. The van der Waals surface area contributed by atoms with E-state index in [1.54, 1.807) is 18.5 Å². The number of aromatic hydroxyl groups is 1. The van der Waals surface area contributed by atoms with Crippen molar-refractivity contribution in [2.45, 2.75) is 12.6 Å². The van der Waals surface area contributed by atoms with Gasteiger partial charge in [0.15, 0.2) is 0 Å². The fraction of sp³-hybridized carbons (Fsp3) is 0.182. The van der Waals surface area contributed by atoms with Gasteiger partial charge >= 0.3 is 0 Å². The fourth-order valence-corrected chi connectivity index (χ4v) is 1.48. The first-order chi connectivity index (χ1) is 7.66. The molecule has 0 saturated heterocycles. The Labute approximate surface area is 91.6 Å². The predicted octanol–water partition coefficient (Wildman–Crippen LogP) is 1.46. The summed E-state index contributed by atoms with van der Waals surface area (Å²) < 4.78 is 14.5. The van der Waals surface area contributed by atoms with E-state index in [-0.39, 0.29) is 17.9 Å². The molecule has 0 aliphatic rings. The molecule has 0 amide bonds. The molecule has 0 aliphatic heterocycles. The van der Waals surface area contributed by atoms with Crippen LogP contribution in [0.1, 0.15) is 11.7 Å². The zero-order chi connectivity index (χ0) is 11.5. The lowest BCUT2D eigenvalue weighted by Crippen LogP contribution is -2.09. The SMILES string of the molecule is Oc1ccc(F)cc1C(O)Cn1cccn1. The molecule has 84 valence electrons. The van der Waals surface area contributed by atoms with E-state index in [1.165, 1.54) is 10.7 Å². The second-order valence-electron chi connectivity index (χ2n) is 3.45. The summed E-state index contributed by atoms with van der Waals surface area (Å²) in [5, 5.41) is 23.2. The topological polar surface area (TPSA) is 58.3 Å². The van der Waals surface area contributed by atoms with E-state index in [0.29, 0.717) is 0 Å². The molecular weight excluding hydrogens is 211 g/mol. The molecule has 4 nitrogen and oxygen atoms in total. The van der Waals surface area contributed by atoms with Crippen molar-refractivity contribution in [3.8, 4) is 5.75 Å². The maximum atomic E-state index is 12.9. The van der Waals surface area contributed by atoms with Gasteiger partial charge in [0.25, 0.3) is 0 Å². The Balaban J connectivity index is 2.20. The van der Waals surface area contributed by atoms with Crippen molar-refractivity contribution in [2.75, 3.05) is 0 Å². The molecule has 0 saturated carbocycles. The lowest BCUT2D eigenvalue weighted by molar-refractivity contribution is 0.148. The van der Waals surface area contributed by atoms with Gasteiger partial charge in [-0.25, -0.2) is 4.39 Å². The zero-order valence-corrected chi connectivity index (χ0v) is 8.42. The summed E-state index contributed by atoms with van der Waals surface area (Å²) in [6, 6.07) is 5.19. The molecule has 0 aliphatic carbocycles. The van der Waals surface area contributed by atoms with Crippen LogP contribution in [0.5, 0.6) is 5.75 Å². The Morgan fingerprint density at radius 3 is 2.94 bits per heavy atom. The summed E-state index contributed by atoms with van der Waals surface area (Å²) >= 11 is 0. The summed E-state index contributed by atoms with van der Waals surface area (Å²) in [5.41, 5.74) is 0.163. The predicted molar refractivity (Wildman–Crippen MR) is 55.3 cm³/mol. The molecule has 5 heteroatoms. The summed E-state index contributed by atoms with van der Waals surface area (Å²) in [7, 11) is 0. The standard InChI is InChI=1S/C11H11FN2O2/c12-8-2-3-10(15)9(6-8)11(16)7-14-5-1-4-13-14/h1-6,11,15-16H,7H2. The van der Waals surface area contributed by atoms with Crippen molar-refractivity contribution >= 4 is 0 Å². The van der Waals surface area contributed by atoms with Crippen LogP contribution in [0, 0.1) is 5.82 Å². The molecule has 0 radical (unpaired) electrons. The molecule has 2 N–H and O–H groups in total. The maximum absolute atomic E-state index is 12.9. The van der Waals surface area contributed by atoms with E-state index in [9.17, 15) is 14.6 Å². The molecular formula is C11H11FN2O2. The van der Waals surface area contributed by atoms with Gasteiger partial charge in [0, 0.05) is 18.0 Å². The lowest BCUT2D eigenvalue weighted by atomic mass is 10.1. The van der Waals surface area contributed by atoms with Gasteiger partial charge in [0.05, 0.1) is 6.54 Å². The van der Waals surface area contributed by atoms with Crippen LogP contribution in [0.15, 0.2) is 36.7 Å². The van der Waals surface area contributed by atoms with Gasteiger partial charge in [-0.1, -0.05) is 0 Å². The number of phenolic OH excluding ortho intramolecular Hbond substituents is 1. The Bertz CT molecular complexity index is 471. The van der Waals surface area contributed by atoms with Crippen molar-refractivity contribution in [1.29, 1.82) is 0 Å². The molecule has 0 spiro atoms. The van der Waals surface area contributed by atoms with Crippen LogP contribution in [0.25, 0.3) is 0 Å². The van der Waals surface area contributed by atoms with Crippen molar-refractivity contribution < 1.29 is 14.6 Å². The maximum Gasteiger partial charge on any atom is 0.123 e. The lowest BCUT2D eigenvalue weighted by Gasteiger charge is -2.12. The van der Waals surface area contributed by atoms with Gasteiger partial charge in [0.1, 0.15) is 17.7 Å². The third kappa shape index (κ3) is 2.20. The molecule has 1 aromatic heterocycles. The summed E-state index contributed by atoms with van der Waals surface area (Å²) in [6.45, 7) is 0.171. The molecule has 0 bridgehead atoms. The number of rotatable bonds is 3. The third-order valence-corrected chi connectivity index (χ3v) is 2.27. The van der Waals surface area contributed by atoms with Crippen LogP contribution in [0.3, 0.4) is 0 Å². The summed E-state index contributed by atoms with van der Waals surface area (Å²) in [5.74, 6) is -0.617. The first kappa shape index (κ1) is 10.6. The van der Waals surface area contributed by atoms with E-state index in [0.717, 1.165) is 12.1 Å². The van der Waals surface area contributed by atoms with E-state index in [2.05, 4.69) is 5.10 Å². The molecule has 1 atom stereocenters. The van der Waals surface area contributed by atoms with Crippen molar-refractivity contribution in [2.24, 2.45) is 0 Å². The molecule has 1 heterocycles. The highest BCUT2D eigenvalue weighted by Crippen LogP contribution is 2.25. The second kappa shape index (κ2) is 4.32. The van der Waals surface area contributed by atoms with Gasteiger partial charge in [-0.3, -0.25) is 4.68 Å². The zero-order valence-electron chi connectivity index (χ0n) is 8.42. The highest BCUT2D eigenvalue weighted by molar-refractivity contribution is 5.34. The minimum absolute atomic E-state index is 0.124. The Morgan fingerprint density at radius 1 is 1.44 bits per heavy atom. The van der Waals surface area contributed by atoms with Gasteiger partial charge in [-0.05, 0) is 24.3 Å². The Morgan fingerprint density at radius 2 is 2.25 bits per heavy atom. The summed E-state index contributed by atoms with van der Waals surface area (Å²) in [4.78, 5) is 0. The monoisotopic (exact) mass is 222 g/mol. The average molecular weight is 222 g/mol. The van der Waals surface area contributed by atoms with Gasteiger partial charge in [-0.2, -0.15) is 5.10 Å². The highest BCUT2D eigenvalue weighted by atomic mass is 19.1. The minimum atomic E-state index is -0.990. The number of nitrogens with zero attached hydrogens (tertiary/aromatic N) is 2. The Kier molecular flexibility index (Phi) is 2.87. The fourth-order valence-electron chi connectivity index (χ4n) is 1.48. The van der Waals surface area contributed by atoms with Crippen LogP contribution in [0.2, 0.25) is 0 Å². The van der Waals surface area contributed by atoms with Crippen LogP contribution in [-0.2, 0) is 6.54 Å². The molecule has 16 heavy (non-hydrogen) atoms. The van der Waals surface area contributed by atoms with E-state index in [1.807, 2.05) is 0 Å². The van der Waals surface area contributed by atoms with E-state index in [4.69, 9.17) is 0 Å². The largest absolute Gasteiger partial charge is 0.508 e. The van der Waals surface area contributed by atoms with Crippen LogP contribution in [-0.4, -0.2) is 20.0 Å². The number of aromatic nitrogens is 2. The summed E-state index contributed by atoms with van der Waals surface area (Å²) in [6.07, 6.45) is 2.27. The Hall–Kier alpha value is -1.88. The molecule has 1 aromatic carbocycles. The first-order valence-electron chi connectivity index (χ1n) is 4.81. The number of phenols is 1. The first-order valence-corrected chi connectivity index (χ1v) is 4.81. The third-order valence-electron chi connectivity index (χ3n) is 2.27. The normalized spacial score (nSPS) is 12.6. The number of hydrogen-bond acceptors (Lipinski definition) is 3. The van der Waals surface area contributed by atoms with Gasteiger partial charge in [-0.15, -0.1) is 0 Å². The van der Waals surface area contributed by atoms with E-state index < -0.39 is 11.9 Å². The molecule has 1 unspecified atom stereocenters. The number of hydrogen-bond donors (Lipinski definition) is 2. The van der Waals surface area contributed by atoms with Crippen molar-refractivity contribution in [3.05, 3.63) is 48.0 Å². The van der Waals surface area contributed by atoms with Crippen molar-refractivity contribution in [1.82, 2.24) is 9.78 Å². The number of aliphatic hydroxyl groups excluding tert-OH is 1. The van der Waals surface area contributed by atoms with Gasteiger partial charge in [0.2, 0.25) is 0 Å². The quantitative estimate of drug-likeness (QED) is 0.826. The minimum Gasteiger partial charge on any atom is -0.508 e. The number of aliphatic hydroxyl groups is 1. The van der Waals surface area contributed by atoms with Crippen molar-refractivity contribution in [3.63, 3.8) is 0 Å². The molecule has 2 rings (SSSR count). The van der Waals surface area contributed by atoms with Crippen LogP contribution < -0.4 is 0 Å². The van der Waals surface area contributed by atoms with Crippen LogP contribution in [0.4, 0.5) is 4.39 Å². The smallest absolute Gasteiger partial charge is 0.123 e. The van der Waals surface area contributed by atoms with Gasteiger partial charge < -0.3 is 10.2 Å².